The summed E-state index contributed by atoms with van der Waals surface area (Å²) in [4.78, 5) is 31.6. The first-order valence-corrected chi connectivity index (χ1v) is 6.96. The third kappa shape index (κ3) is 1.56. The molecule has 0 amide bonds. The van der Waals surface area contributed by atoms with Crippen LogP contribution in [0.5, 0.6) is 0 Å². The number of rotatable bonds is 1. The van der Waals surface area contributed by atoms with E-state index in [0.29, 0.717) is 22.2 Å². The molecule has 1 aliphatic rings. The van der Waals surface area contributed by atoms with E-state index >= 15 is 0 Å². The Kier molecular flexibility index (Phi) is 2.48. The van der Waals surface area contributed by atoms with Crippen molar-refractivity contribution in [2.75, 3.05) is 19.0 Å². The molecule has 0 spiro atoms. The molecule has 2 aromatic carbocycles. The van der Waals surface area contributed by atoms with E-state index in [1.54, 1.807) is 24.3 Å². The Morgan fingerprint density at radius 2 is 1.82 bits per heavy atom. The fraction of sp³-hybridized carbons (Fsp3) is 0.118. The van der Waals surface area contributed by atoms with Crippen LogP contribution < -0.4 is 10.5 Å². The largest absolute Gasteiger partial charge is 0.378 e. The van der Waals surface area contributed by atoms with Crippen LogP contribution in [0.1, 0.15) is 16.2 Å². The Morgan fingerprint density at radius 3 is 2.59 bits per heavy atom. The van der Waals surface area contributed by atoms with Crippen LogP contribution in [-0.2, 0) is 0 Å². The van der Waals surface area contributed by atoms with E-state index in [2.05, 4.69) is 4.98 Å². The molecule has 0 N–H and O–H groups in total. The standard InChI is InChI=1S/C17H13N3O2/c1-19(2)10-7-8-12-14(9-10)20-16(15(12)21)18-13-6-4-3-5-11(13)17(20)22/h3-9H,1-2H3. The highest BCUT2D eigenvalue weighted by Gasteiger charge is 2.30. The zero-order chi connectivity index (χ0) is 15.4. The van der Waals surface area contributed by atoms with Gasteiger partial charge in [-0.05, 0) is 30.3 Å². The predicted octanol–water partition coefficient (Wildman–Crippen LogP) is 2.00. The summed E-state index contributed by atoms with van der Waals surface area (Å²) in [5.74, 6) is -0.0160. The molecular formula is C17H13N3O2. The molecule has 5 nitrogen and oxygen atoms in total. The normalized spacial score (nSPS) is 12.4. The number of fused-ring (bicyclic) bond motifs is 4. The first-order valence-electron chi connectivity index (χ1n) is 6.96. The quantitative estimate of drug-likeness (QED) is 0.538. The monoisotopic (exact) mass is 291 g/mol. The van der Waals surface area contributed by atoms with Gasteiger partial charge in [0.2, 0.25) is 5.78 Å². The van der Waals surface area contributed by atoms with Crippen molar-refractivity contribution in [3.8, 4) is 5.69 Å². The zero-order valence-corrected chi connectivity index (χ0v) is 12.2. The van der Waals surface area contributed by atoms with Gasteiger partial charge >= 0.3 is 0 Å². The van der Waals surface area contributed by atoms with Crippen molar-refractivity contribution in [3.05, 3.63) is 64.2 Å². The number of benzene rings is 2. The second-order valence-corrected chi connectivity index (χ2v) is 5.52. The summed E-state index contributed by atoms with van der Waals surface area (Å²) in [7, 11) is 3.83. The third-order valence-electron chi connectivity index (χ3n) is 3.96. The summed E-state index contributed by atoms with van der Waals surface area (Å²) in [5.41, 5.74) is 2.40. The minimum Gasteiger partial charge on any atom is -0.378 e. The van der Waals surface area contributed by atoms with Crippen LogP contribution in [0.15, 0.2) is 47.3 Å². The molecule has 108 valence electrons. The Bertz CT molecular complexity index is 1000. The molecule has 1 aliphatic heterocycles. The molecule has 1 aromatic heterocycles. The first-order chi connectivity index (χ1) is 10.6. The van der Waals surface area contributed by atoms with Crippen LogP contribution in [0.25, 0.3) is 16.6 Å². The highest BCUT2D eigenvalue weighted by atomic mass is 16.1. The molecule has 0 radical (unpaired) electrons. The lowest BCUT2D eigenvalue weighted by atomic mass is 10.1. The van der Waals surface area contributed by atoms with Crippen molar-refractivity contribution in [2.45, 2.75) is 0 Å². The van der Waals surface area contributed by atoms with E-state index < -0.39 is 0 Å². The number of hydrogen-bond acceptors (Lipinski definition) is 4. The maximum atomic E-state index is 12.8. The van der Waals surface area contributed by atoms with Crippen molar-refractivity contribution in [3.63, 3.8) is 0 Å². The van der Waals surface area contributed by atoms with Crippen LogP contribution in [0.4, 0.5) is 5.69 Å². The zero-order valence-electron chi connectivity index (χ0n) is 12.2. The van der Waals surface area contributed by atoms with E-state index in [-0.39, 0.29) is 17.2 Å². The highest BCUT2D eigenvalue weighted by Crippen LogP contribution is 2.29. The van der Waals surface area contributed by atoms with Crippen LogP contribution in [0.2, 0.25) is 0 Å². The van der Waals surface area contributed by atoms with Gasteiger partial charge in [-0.2, -0.15) is 0 Å². The molecule has 0 unspecified atom stereocenters. The fourth-order valence-electron chi connectivity index (χ4n) is 2.80. The number of aromatic nitrogens is 2. The number of carbonyl (C=O) groups is 1. The van der Waals surface area contributed by atoms with Crippen molar-refractivity contribution in [2.24, 2.45) is 0 Å². The minimum atomic E-state index is -0.205. The molecule has 3 aromatic rings. The summed E-state index contributed by atoms with van der Waals surface area (Å²) in [5, 5.41) is 0.516. The summed E-state index contributed by atoms with van der Waals surface area (Å²) in [6.07, 6.45) is 0. The molecule has 0 aliphatic carbocycles. The number of hydrogen-bond donors (Lipinski definition) is 0. The Balaban J connectivity index is 2.12. The van der Waals surface area contributed by atoms with E-state index in [0.717, 1.165) is 5.69 Å². The molecule has 0 fully saturated rings. The van der Waals surface area contributed by atoms with Gasteiger partial charge in [-0.15, -0.1) is 0 Å². The van der Waals surface area contributed by atoms with Gasteiger partial charge in [0.25, 0.3) is 5.56 Å². The van der Waals surface area contributed by atoms with Gasteiger partial charge in [0, 0.05) is 19.8 Å². The first kappa shape index (κ1) is 12.8. The predicted molar refractivity (Wildman–Crippen MR) is 85.1 cm³/mol. The highest BCUT2D eigenvalue weighted by molar-refractivity contribution is 6.13. The number of para-hydroxylation sites is 1. The maximum absolute atomic E-state index is 12.8. The van der Waals surface area contributed by atoms with Crippen molar-refractivity contribution < 1.29 is 4.79 Å². The maximum Gasteiger partial charge on any atom is 0.266 e. The molecule has 4 rings (SSSR count). The third-order valence-corrected chi connectivity index (χ3v) is 3.96. The van der Waals surface area contributed by atoms with Crippen LogP contribution in [-0.4, -0.2) is 29.4 Å². The van der Waals surface area contributed by atoms with E-state index in [1.807, 2.05) is 37.2 Å². The van der Waals surface area contributed by atoms with Crippen molar-refractivity contribution >= 4 is 22.4 Å². The van der Waals surface area contributed by atoms with Crippen molar-refractivity contribution in [1.82, 2.24) is 9.55 Å². The van der Waals surface area contributed by atoms with Gasteiger partial charge < -0.3 is 4.90 Å². The molecule has 0 saturated heterocycles. The average molecular weight is 291 g/mol. The second kappa shape index (κ2) is 4.27. The summed E-state index contributed by atoms with van der Waals surface area (Å²) in [6, 6.07) is 12.6. The number of ketones is 1. The number of anilines is 1. The number of carbonyl (C=O) groups excluding carboxylic acids is 1. The Hall–Kier alpha value is -2.95. The summed E-state index contributed by atoms with van der Waals surface area (Å²) >= 11 is 0. The van der Waals surface area contributed by atoms with Gasteiger partial charge in [-0.1, -0.05) is 12.1 Å². The summed E-state index contributed by atoms with van der Waals surface area (Å²) < 4.78 is 1.42. The van der Waals surface area contributed by atoms with E-state index in [9.17, 15) is 9.59 Å². The lowest BCUT2D eigenvalue weighted by Crippen LogP contribution is -2.21. The summed E-state index contributed by atoms with van der Waals surface area (Å²) in [6.45, 7) is 0. The smallest absolute Gasteiger partial charge is 0.266 e. The van der Waals surface area contributed by atoms with E-state index in [4.69, 9.17) is 0 Å². The average Bonchev–Trinajstić information content (AvgIpc) is 2.80. The topological polar surface area (TPSA) is 55.2 Å². The SMILES string of the molecule is CN(C)c1ccc2c(c1)-n1c(nc3ccccc3c1=O)C2=O. The van der Waals surface area contributed by atoms with Gasteiger partial charge in [-0.3, -0.25) is 14.2 Å². The van der Waals surface area contributed by atoms with Crippen LogP contribution in [0, 0.1) is 0 Å². The Morgan fingerprint density at radius 1 is 1.05 bits per heavy atom. The molecule has 22 heavy (non-hydrogen) atoms. The van der Waals surface area contributed by atoms with Crippen LogP contribution >= 0.6 is 0 Å². The minimum absolute atomic E-state index is 0.189. The van der Waals surface area contributed by atoms with Gasteiger partial charge in [0.05, 0.1) is 22.2 Å². The molecule has 0 saturated carbocycles. The van der Waals surface area contributed by atoms with Crippen molar-refractivity contribution in [1.29, 1.82) is 0 Å². The van der Waals surface area contributed by atoms with Gasteiger partial charge in [-0.25, -0.2) is 4.98 Å². The molecule has 2 heterocycles. The Labute approximate surface area is 126 Å². The molecule has 5 heteroatoms. The number of nitrogens with zero attached hydrogens (tertiary/aromatic N) is 3. The fourth-order valence-corrected chi connectivity index (χ4v) is 2.80. The molecule has 0 atom stereocenters. The second-order valence-electron chi connectivity index (χ2n) is 5.52. The molecule has 0 bridgehead atoms. The lowest BCUT2D eigenvalue weighted by Gasteiger charge is -2.14. The lowest BCUT2D eigenvalue weighted by molar-refractivity contribution is 0.103. The van der Waals surface area contributed by atoms with E-state index in [1.165, 1.54) is 4.57 Å². The van der Waals surface area contributed by atoms with Gasteiger partial charge in [0.1, 0.15) is 0 Å². The van der Waals surface area contributed by atoms with Gasteiger partial charge in [0.15, 0.2) is 5.82 Å². The van der Waals surface area contributed by atoms with Crippen LogP contribution in [0.3, 0.4) is 0 Å². The molecular weight excluding hydrogens is 278 g/mol.